The van der Waals surface area contributed by atoms with Crippen LogP contribution in [0.3, 0.4) is 0 Å². The Morgan fingerprint density at radius 2 is 1.79 bits per heavy atom. The Labute approximate surface area is 166 Å². The van der Waals surface area contributed by atoms with Crippen molar-refractivity contribution in [2.75, 3.05) is 20.3 Å². The lowest BCUT2D eigenvalue weighted by Crippen LogP contribution is -2.49. The van der Waals surface area contributed by atoms with E-state index in [1.165, 1.54) is 5.56 Å². The van der Waals surface area contributed by atoms with Gasteiger partial charge in [-0.1, -0.05) is 48.0 Å². The molecule has 3 rings (SSSR count). The smallest absolute Gasteiger partial charge is 0.234 e. The van der Waals surface area contributed by atoms with Crippen molar-refractivity contribution >= 4 is 11.7 Å². The number of methoxy groups -OCH3 is 1. The van der Waals surface area contributed by atoms with Crippen molar-refractivity contribution in [3.8, 4) is 5.75 Å². The average Bonchev–Trinajstić information content (AvgIpc) is 3.47. The maximum absolute atomic E-state index is 12.3. The molecule has 0 aliphatic carbocycles. The van der Waals surface area contributed by atoms with Gasteiger partial charge in [0.2, 0.25) is 5.91 Å². The van der Waals surface area contributed by atoms with Crippen LogP contribution in [0.15, 0.2) is 54.6 Å². The molecule has 0 aromatic heterocycles. The monoisotopic (exact) mass is 384 g/mol. The normalized spacial score (nSPS) is 18.3. The van der Waals surface area contributed by atoms with Crippen molar-refractivity contribution in [1.29, 1.82) is 0 Å². The lowest BCUT2D eigenvalue weighted by molar-refractivity contribution is -0.129. The van der Waals surface area contributed by atoms with Crippen LogP contribution in [0, 0.1) is 6.92 Å². The molecule has 1 amide bonds. The van der Waals surface area contributed by atoms with E-state index < -0.39 is 11.6 Å². The van der Waals surface area contributed by atoms with E-state index in [9.17, 15) is 9.59 Å². The number of carbonyl (C=O) groups is 2. The van der Waals surface area contributed by atoms with Crippen LogP contribution in [0.4, 0.5) is 0 Å². The summed E-state index contributed by atoms with van der Waals surface area (Å²) < 4.78 is 10.1. The number of nitrogens with one attached hydrogen (secondary N) is 1. The number of hydrogen-bond acceptors (Lipinski definition) is 5. The van der Waals surface area contributed by atoms with Gasteiger partial charge in [0.15, 0.2) is 5.78 Å². The van der Waals surface area contributed by atoms with Gasteiger partial charge in [0.05, 0.1) is 26.3 Å². The zero-order valence-corrected chi connectivity index (χ0v) is 16.6. The third kappa shape index (κ3) is 6.48. The fraction of sp³-hybridized carbons (Fsp3) is 0.364. The summed E-state index contributed by atoms with van der Waals surface area (Å²) in [7, 11) is 1.67. The highest BCUT2D eigenvalue weighted by molar-refractivity contribution is 5.96. The fourth-order valence-corrected chi connectivity index (χ4v) is 2.61. The fourth-order valence-electron chi connectivity index (χ4n) is 2.61. The van der Waals surface area contributed by atoms with Crippen molar-refractivity contribution < 1.29 is 19.1 Å². The number of ether oxygens (including phenoxy) is 2. The van der Waals surface area contributed by atoms with Gasteiger partial charge in [-0.15, -0.1) is 0 Å². The summed E-state index contributed by atoms with van der Waals surface area (Å²) in [6.45, 7) is 4.08. The maximum atomic E-state index is 12.3. The Hall–Kier alpha value is -2.70. The van der Waals surface area contributed by atoms with Crippen LogP contribution in [0.1, 0.15) is 18.1 Å². The van der Waals surface area contributed by atoms with Gasteiger partial charge in [0.1, 0.15) is 11.4 Å². The molecular weight excluding hydrogens is 356 g/mol. The first-order valence-electron chi connectivity index (χ1n) is 9.20. The van der Waals surface area contributed by atoms with Gasteiger partial charge in [-0.25, -0.2) is 0 Å². The predicted molar refractivity (Wildman–Crippen MR) is 108 cm³/mol. The summed E-state index contributed by atoms with van der Waals surface area (Å²) in [5, 5.41) is 2.67. The largest absolute Gasteiger partial charge is 0.497 e. The zero-order chi connectivity index (χ0) is 20.6. The Bertz CT molecular complexity index is 771. The molecular formula is C22H28N2O4. The predicted octanol–water partition coefficient (Wildman–Crippen LogP) is 2.03. The van der Waals surface area contributed by atoms with Gasteiger partial charge in [0, 0.05) is 0 Å². The van der Waals surface area contributed by atoms with Crippen molar-refractivity contribution in [3.63, 3.8) is 0 Å². The molecule has 2 unspecified atom stereocenters. The van der Waals surface area contributed by atoms with E-state index in [4.69, 9.17) is 15.2 Å². The second-order valence-corrected chi connectivity index (χ2v) is 6.91. The molecule has 1 heterocycles. The van der Waals surface area contributed by atoms with Gasteiger partial charge >= 0.3 is 0 Å². The van der Waals surface area contributed by atoms with Crippen LogP contribution >= 0.6 is 0 Å². The van der Waals surface area contributed by atoms with E-state index in [1.54, 1.807) is 14.0 Å². The zero-order valence-electron chi connectivity index (χ0n) is 16.6. The number of rotatable bonds is 7. The molecule has 2 aromatic carbocycles. The molecule has 0 radical (unpaired) electrons. The standard InChI is InChI=1S/C14H18N2O3.C8H10O/c1-14(9-19-14)13(18)11(16-12(17)8-15)7-10-5-3-2-4-6-10;1-7-3-5-8(9-2)6-4-7/h2-6,11H,7-9,15H2,1H3,(H,16,17);3-6H,1-2H3. The maximum Gasteiger partial charge on any atom is 0.234 e. The Kier molecular flexibility index (Phi) is 7.72. The van der Waals surface area contributed by atoms with Crippen LogP contribution in [-0.2, 0) is 20.7 Å². The second kappa shape index (κ2) is 10.0. The lowest BCUT2D eigenvalue weighted by atomic mass is 9.95. The number of ketones is 1. The minimum absolute atomic E-state index is 0.0989. The minimum Gasteiger partial charge on any atom is -0.497 e. The van der Waals surface area contributed by atoms with Gasteiger partial charge in [-0.3, -0.25) is 9.59 Å². The van der Waals surface area contributed by atoms with Crippen molar-refractivity contribution in [1.82, 2.24) is 5.32 Å². The van der Waals surface area contributed by atoms with Gasteiger partial charge in [-0.2, -0.15) is 0 Å². The topological polar surface area (TPSA) is 94.0 Å². The first kappa shape index (κ1) is 21.6. The van der Waals surface area contributed by atoms with Crippen LogP contribution < -0.4 is 15.8 Å². The summed E-state index contributed by atoms with van der Waals surface area (Å²) in [6, 6.07) is 16.9. The molecule has 3 N–H and O–H groups in total. The molecule has 2 aromatic rings. The average molecular weight is 384 g/mol. The molecule has 2 atom stereocenters. The summed E-state index contributed by atoms with van der Waals surface area (Å²) >= 11 is 0. The number of Topliss-reactive ketones (excluding diaryl/α,β-unsaturated/α-hetero) is 1. The molecule has 1 fully saturated rings. The van der Waals surface area contributed by atoms with Gasteiger partial charge < -0.3 is 20.5 Å². The second-order valence-electron chi connectivity index (χ2n) is 6.91. The quantitative estimate of drug-likeness (QED) is 0.713. The summed E-state index contributed by atoms with van der Waals surface area (Å²) in [5.41, 5.74) is 6.78. The van der Waals surface area contributed by atoms with Crippen molar-refractivity contribution in [3.05, 3.63) is 65.7 Å². The van der Waals surface area contributed by atoms with Crippen LogP contribution in [-0.4, -0.2) is 43.6 Å². The molecule has 28 heavy (non-hydrogen) atoms. The molecule has 1 aliphatic rings. The first-order chi connectivity index (χ1) is 13.4. The summed E-state index contributed by atoms with van der Waals surface area (Å²) in [5.74, 6) is 0.484. The SMILES string of the molecule is CC1(C(=O)C(Cc2ccccc2)NC(=O)CN)CO1.COc1ccc(C)cc1. The molecule has 0 spiro atoms. The summed E-state index contributed by atoms with van der Waals surface area (Å²) in [4.78, 5) is 23.7. The van der Waals surface area contributed by atoms with Crippen molar-refractivity contribution in [2.45, 2.75) is 31.9 Å². The molecule has 6 nitrogen and oxygen atoms in total. The van der Waals surface area contributed by atoms with E-state index in [0.29, 0.717) is 13.0 Å². The number of epoxide rings is 1. The number of carbonyl (C=O) groups excluding carboxylic acids is 2. The lowest BCUT2D eigenvalue weighted by Gasteiger charge is -2.19. The van der Waals surface area contributed by atoms with E-state index in [2.05, 4.69) is 12.2 Å². The van der Waals surface area contributed by atoms with Crippen LogP contribution in [0.2, 0.25) is 0 Å². The highest BCUT2D eigenvalue weighted by atomic mass is 16.6. The van der Waals surface area contributed by atoms with Crippen LogP contribution in [0.25, 0.3) is 0 Å². The molecule has 0 bridgehead atoms. The highest BCUT2D eigenvalue weighted by Gasteiger charge is 2.49. The number of nitrogens with two attached hydrogens (primary N) is 1. The Morgan fingerprint density at radius 1 is 1.18 bits per heavy atom. The number of hydrogen-bond donors (Lipinski definition) is 2. The highest BCUT2D eigenvalue weighted by Crippen LogP contribution is 2.29. The van der Waals surface area contributed by atoms with Crippen LogP contribution in [0.5, 0.6) is 5.75 Å². The van der Waals surface area contributed by atoms with Crippen molar-refractivity contribution in [2.24, 2.45) is 5.73 Å². The summed E-state index contributed by atoms with van der Waals surface area (Å²) in [6.07, 6.45) is 0.449. The number of aryl methyl sites for hydroxylation is 1. The van der Waals surface area contributed by atoms with E-state index in [0.717, 1.165) is 11.3 Å². The molecule has 1 aliphatic heterocycles. The minimum atomic E-state index is -0.749. The Morgan fingerprint density at radius 3 is 2.29 bits per heavy atom. The molecule has 1 saturated heterocycles. The number of benzene rings is 2. The number of amides is 1. The van der Waals surface area contributed by atoms with E-state index >= 15 is 0 Å². The molecule has 0 saturated carbocycles. The van der Waals surface area contributed by atoms with E-state index in [1.807, 2.05) is 54.6 Å². The van der Waals surface area contributed by atoms with Gasteiger partial charge in [-0.05, 0) is 38.0 Å². The Balaban J connectivity index is 0.000000261. The molecule has 6 heteroatoms. The molecule has 150 valence electrons. The van der Waals surface area contributed by atoms with Gasteiger partial charge in [0.25, 0.3) is 0 Å². The van der Waals surface area contributed by atoms with E-state index in [-0.39, 0.29) is 18.2 Å². The first-order valence-corrected chi connectivity index (χ1v) is 9.20. The third-order valence-corrected chi connectivity index (χ3v) is 4.48. The third-order valence-electron chi connectivity index (χ3n) is 4.48.